The third-order valence-electron chi connectivity index (χ3n) is 11.2. The van der Waals surface area contributed by atoms with Crippen LogP contribution in [0.2, 0.25) is 0 Å². The van der Waals surface area contributed by atoms with Gasteiger partial charge in [-0.2, -0.15) is 0 Å². The minimum Gasteiger partial charge on any atom is -0.512 e. The van der Waals surface area contributed by atoms with Gasteiger partial charge in [-0.25, -0.2) is 0 Å². The van der Waals surface area contributed by atoms with Gasteiger partial charge in [0.25, 0.3) is 0 Å². The summed E-state index contributed by atoms with van der Waals surface area (Å²) >= 11 is 1.79. The van der Waals surface area contributed by atoms with Crippen LogP contribution in [-0.2, 0) is 36.7 Å². The molecule has 3 heterocycles. The molecule has 0 atom stereocenters. The number of aromatic nitrogens is 1. The van der Waals surface area contributed by atoms with Crippen LogP contribution < -0.4 is 0 Å². The zero-order valence-electron chi connectivity index (χ0n) is 32.9. The minimum atomic E-state index is -0.337. The Bertz CT molecular complexity index is 2210. The molecule has 0 saturated heterocycles. The smallest absolute Gasteiger partial charge is 0.164 e. The van der Waals surface area contributed by atoms with E-state index < -0.39 is 0 Å². The van der Waals surface area contributed by atoms with Gasteiger partial charge in [-0.05, 0) is 60.5 Å². The number of benzene rings is 3. The summed E-state index contributed by atoms with van der Waals surface area (Å²) in [5.41, 5.74) is 5.08. The number of hydrogen-bond donors (Lipinski definition) is 1. The Morgan fingerprint density at radius 1 is 0.865 bits per heavy atom. The van der Waals surface area contributed by atoms with Crippen LogP contribution in [0, 0.1) is 22.8 Å². The number of hydrogen-bond acceptors (Lipinski definition) is 5. The summed E-state index contributed by atoms with van der Waals surface area (Å²) in [4.78, 5) is 17.1. The minimum absolute atomic E-state index is 0. The van der Waals surface area contributed by atoms with Crippen molar-refractivity contribution in [3.8, 4) is 11.3 Å². The molecule has 0 bridgehead atoms. The van der Waals surface area contributed by atoms with E-state index in [1.165, 1.54) is 48.1 Å². The second kappa shape index (κ2) is 16.4. The first kappa shape index (κ1) is 41.4. The molecule has 3 aromatic carbocycles. The summed E-state index contributed by atoms with van der Waals surface area (Å²) < 4.78 is 8.54. The molecule has 6 heteroatoms. The second-order valence-corrected chi connectivity index (χ2v) is 17.2. The molecule has 52 heavy (non-hydrogen) atoms. The fraction of sp³-hybridized carbons (Fsp3) is 0.435. The summed E-state index contributed by atoms with van der Waals surface area (Å²) in [6, 6.07) is 21.1. The number of furan rings is 1. The number of ketones is 1. The van der Waals surface area contributed by atoms with Crippen LogP contribution in [-0.4, -0.2) is 15.9 Å². The molecule has 0 spiro atoms. The van der Waals surface area contributed by atoms with Gasteiger partial charge in [-0.1, -0.05) is 117 Å². The molecular formula is C46H56IrNO3S-. The van der Waals surface area contributed by atoms with Gasteiger partial charge in [0.15, 0.2) is 11.4 Å². The summed E-state index contributed by atoms with van der Waals surface area (Å²) in [5.74, 6) is 0.879. The number of nitrogens with zero attached hydrogens (tertiary/aromatic N) is 1. The van der Waals surface area contributed by atoms with Crippen molar-refractivity contribution in [3.63, 3.8) is 0 Å². The number of thiophene rings is 1. The van der Waals surface area contributed by atoms with Crippen LogP contribution in [0.3, 0.4) is 0 Å². The molecule has 1 radical (unpaired) electrons. The summed E-state index contributed by atoms with van der Waals surface area (Å²) in [7, 11) is 0. The molecule has 1 N–H and O–H groups in total. The Kier molecular flexibility index (Phi) is 13.0. The molecular weight excluding hydrogens is 839 g/mol. The number of fused-ring (bicyclic) bond motifs is 6. The van der Waals surface area contributed by atoms with Crippen molar-refractivity contribution in [2.75, 3.05) is 0 Å². The van der Waals surface area contributed by atoms with Gasteiger partial charge >= 0.3 is 0 Å². The van der Waals surface area contributed by atoms with Crippen molar-refractivity contribution in [1.82, 2.24) is 4.98 Å². The Labute approximate surface area is 328 Å². The molecule has 4 nitrogen and oxygen atoms in total. The van der Waals surface area contributed by atoms with E-state index >= 15 is 0 Å². The van der Waals surface area contributed by atoms with Crippen molar-refractivity contribution < 1.29 is 34.4 Å². The van der Waals surface area contributed by atoms with Gasteiger partial charge in [0.2, 0.25) is 0 Å². The molecule has 0 amide bonds. The first-order valence-corrected chi connectivity index (χ1v) is 19.5. The largest absolute Gasteiger partial charge is 0.512 e. The van der Waals surface area contributed by atoms with Gasteiger partial charge in [0.05, 0.1) is 11.0 Å². The maximum absolute atomic E-state index is 12.2. The predicted molar refractivity (Wildman–Crippen MR) is 219 cm³/mol. The fourth-order valence-corrected chi connectivity index (χ4v) is 8.05. The van der Waals surface area contributed by atoms with Gasteiger partial charge in [-0.15, -0.1) is 40.5 Å². The van der Waals surface area contributed by atoms with Crippen molar-refractivity contribution in [2.45, 2.75) is 114 Å². The topological polar surface area (TPSA) is 63.3 Å². The zero-order valence-corrected chi connectivity index (χ0v) is 36.1. The number of carbonyl (C=O) groups excluding carboxylic acids is 1. The molecule has 0 aliphatic carbocycles. The van der Waals surface area contributed by atoms with Gasteiger partial charge < -0.3 is 9.52 Å². The molecule has 3 aromatic heterocycles. The van der Waals surface area contributed by atoms with E-state index in [2.05, 4.69) is 89.2 Å². The average molecular weight is 895 g/mol. The van der Waals surface area contributed by atoms with Crippen LogP contribution in [0.5, 0.6) is 0 Å². The van der Waals surface area contributed by atoms with Crippen LogP contribution >= 0.6 is 11.3 Å². The Morgan fingerprint density at radius 3 is 2.10 bits per heavy atom. The monoisotopic (exact) mass is 895 g/mol. The van der Waals surface area contributed by atoms with Crippen molar-refractivity contribution in [2.24, 2.45) is 16.7 Å². The number of carbonyl (C=O) groups is 1. The van der Waals surface area contributed by atoms with E-state index in [4.69, 9.17) is 9.40 Å². The second-order valence-electron chi connectivity index (χ2n) is 16.1. The SMILES string of the molecule is CC(C)Cc1coc2c1ccc1c3ccnc(-c4[c-]c5ccccc5c(C(C)(C)C)c4)c3sc12.CCC(C)(CC)C(=O)/C=C(\O)C(C)(CC)CC.[Ir]. The zero-order chi connectivity index (χ0) is 37.3. The van der Waals surface area contributed by atoms with Gasteiger partial charge in [-0.3, -0.25) is 9.78 Å². The van der Waals surface area contributed by atoms with Crippen molar-refractivity contribution in [3.05, 3.63) is 90.0 Å². The fourth-order valence-electron chi connectivity index (χ4n) is 6.76. The molecule has 279 valence electrons. The van der Waals surface area contributed by atoms with Crippen LogP contribution in [0.4, 0.5) is 0 Å². The number of rotatable bonds is 10. The number of pyridine rings is 1. The number of aliphatic hydroxyl groups is 1. The Balaban J connectivity index is 0.000000289. The van der Waals surface area contributed by atoms with Crippen molar-refractivity contribution >= 4 is 59.0 Å². The predicted octanol–water partition coefficient (Wildman–Crippen LogP) is 14.0. The molecule has 0 fully saturated rings. The van der Waals surface area contributed by atoms with Crippen LogP contribution in [0.15, 0.2) is 77.2 Å². The molecule has 6 aromatic rings. The van der Waals surface area contributed by atoms with E-state index in [9.17, 15) is 9.90 Å². The van der Waals surface area contributed by atoms with E-state index in [1.807, 2.05) is 54.0 Å². The van der Waals surface area contributed by atoms with Crippen LogP contribution in [0.25, 0.3) is 53.2 Å². The maximum Gasteiger partial charge on any atom is 0.164 e. The molecule has 0 aliphatic rings. The Hall–Kier alpha value is -3.31. The maximum atomic E-state index is 12.2. The first-order valence-electron chi connectivity index (χ1n) is 18.7. The molecule has 0 aliphatic heterocycles. The van der Waals surface area contributed by atoms with Gasteiger partial charge in [0.1, 0.15) is 5.76 Å². The normalized spacial score (nSPS) is 12.8. The third kappa shape index (κ3) is 8.10. The summed E-state index contributed by atoms with van der Waals surface area (Å²) in [5, 5.41) is 16.2. The first-order chi connectivity index (χ1) is 24.1. The Morgan fingerprint density at radius 2 is 1.48 bits per heavy atom. The van der Waals surface area contributed by atoms with E-state index in [0.29, 0.717) is 5.92 Å². The number of allylic oxidation sites excluding steroid dienone is 2. The summed E-state index contributed by atoms with van der Waals surface area (Å²) in [6.45, 7) is 23.4. The van der Waals surface area contributed by atoms with E-state index in [0.717, 1.165) is 54.3 Å². The standard InChI is InChI=1S/C31H28NOS.C15H28O2.Ir/c1-18(2)14-21-17-33-28-23(21)10-11-24-25-12-13-32-27(29(25)34-30(24)28)20-15-19-8-6-7-9-22(19)26(16-20)31(3,4)5;1-7-14(5,8-2)12(16)11-13(17)15(6,9-3)10-4;/h6-13,16-18H,14H2,1-5H3;11,16H,7-10H2,1-6H3;/q-1;;/b;12-11-;. The summed E-state index contributed by atoms with van der Waals surface area (Å²) in [6.07, 6.45) is 9.66. The van der Waals surface area contributed by atoms with E-state index in [1.54, 1.807) is 11.3 Å². The molecule has 6 rings (SSSR count). The van der Waals surface area contributed by atoms with Crippen molar-refractivity contribution in [1.29, 1.82) is 0 Å². The van der Waals surface area contributed by atoms with Crippen LogP contribution in [0.1, 0.15) is 113 Å². The molecule has 0 unspecified atom stereocenters. The molecule has 0 saturated carbocycles. The number of aliphatic hydroxyl groups excluding tert-OH is 1. The quantitative estimate of drug-likeness (QED) is 0.0845. The van der Waals surface area contributed by atoms with Gasteiger partial charge in [0, 0.05) is 64.4 Å². The third-order valence-corrected chi connectivity index (χ3v) is 12.5. The average Bonchev–Trinajstić information content (AvgIpc) is 3.71. The van der Waals surface area contributed by atoms with E-state index in [-0.39, 0.29) is 47.9 Å².